The van der Waals surface area contributed by atoms with Gasteiger partial charge in [-0.1, -0.05) is 12.1 Å². The number of hydrogen-bond donors (Lipinski definition) is 2. The molecule has 0 radical (unpaired) electrons. The number of nitrogens with zero attached hydrogens (tertiary/aromatic N) is 4. The second kappa shape index (κ2) is 9.17. The van der Waals surface area contributed by atoms with Crippen molar-refractivity contribution in [1.82, 2.24) is 24.9 Å². The van der Waals surface area contributed by atoms with Gasteiger partial charge in [0.25, 0.3) is 0 Å². The fourth-order valence-electron chi connectivity index (χ4n) is 3.33. The Kier molecular flexibility index (Phi) is 6.64. The van der Waals surface area contributed by atoms with Crippen LogP contribution in [-0.2, 0) is 13.1 Å². The largest absolute Gasteiger partial charge is 0.362 e. The van der Waals surface area contributed by atoms with E-state index in [9.17, 15) is 4.39 Å². The van der Waals surface area contributed by atoms with Crippen molar-refractivity contribution in [3.63, 3.8) is 0 Å². The molecular weight excluding hydrogens is 387 g/mol. The predicted octanol–water partition coefficient (Wildman–Crippen LogP) is 3.88. The molecule has 29 heavy (non-hydrogen) atoms. The zero-order valence-corrected chi connectivity index (χ0v) is 18.1. The van der Waals surface area contributed by atoms with Crippen molar-refractivity contribution in [2.24, 2.45) is 0 Å². The summed E-state index contributed by atoms with van der Waals surface area (Å²) in [5, 5.41) is 16.1. The van der Waals surface area contributed by atoms with E-state index >= 15 is 0 Å². The van der Waals surface area contributed by atoms with Gasteiger partial charge in [0.05, 0.1) is 29.3 Å². The topological polar surface area (TPSA) is 59.7 Å². The predicted molar refractivity (Wildman–Crippen MR) is 118 cm³/mol. The molecule has 2 N–H and O–H groups in total. The molecule has 154 valence electrons. The van der Waals surface area contributed by atoms with Gasteiger partial charge in [-0.05, 0) is 70.1 Å². The summed E-state index contributed by atoms with van der Waals surface area (Å²) in [6, 6.07) is 8.64. The van der Waals surface area contributed by atoms with E-state index in [0.717, 1.165) is 47.8 Å². The van der Waals surface area contributed by atoms with Crippen LogP contribution < -0.4 is 10.6 Å². The van der Waals surface area contributed by atoms with Gasteiger partial charge in [0.15, 0.2) is 5.11 Å². The fraction of sp³-hybridized carbons (Fsp3) is 0.381. The Morgan fingerprint density at radius 1 is 1.10 bits per heavy atom. The zero-order chi connectivity index (χ0) is 21.0. The van der Waals surface area contributed by atoms with Crippen LogP contribution in [-0.4, -0.2) is 31.2 Å². The molecule has 6 nitrogen and oxygen atoms in total. The maximum Gasteiger partial charge on any atom is 0.170 e. The lowest BCUT2D eigenvalue weighted by atomic mass is 10.2. The van der Waals surface area contributed by atoms with E-state index in [0.29, 0.717) is 11.7 Å². The van der Waals surface area contributed by atoms with Gasteiger partial charge < -0.3 is 10.6 Å². The lowest BCUT2D eigenvalue weighted by molar-refractivity contribution is 0.558. The molecule has 0 aliphatic heterocycles. The Hall–Kier alpha value is -2.74. The van der Waals surface area contributed by atoms with Gasteiger partial charge in [0.1, 0.15) is 5.82 Å². The van der Waals surface area contributed by atoms with Crippen LogP contribution in [0.2, 0.25) is 0 Å². The number of thiocarbonyl (C=S) groups is 1. The van der Waals surface area contributed by atoms with Gasteiger partial charge in [-0.2, -0.15) is 10.2 Å². The third-order valence-electron chi connectivity index (χ3n) is 4.78. The Morgan fingerprint density at radius 2 is 1.90 bits per heavy atom. The first-order chi connectivity index (χ1) is 13.8. The first kappa shape index (κ1) is 21.0. The number of benzene rings is 1. The number of aryl methyl sites for hydroxylation is 4. The molecule has 0 aliphatic rings. The van der Waals surface area contributed by atoms with Crippen molar-refractivity contribution in [2.75, 3.05) is 11.9 Å². The Bertz CT molecular complexity index is 1010. The molecule has 0 atom stereocenters. The van der Waals surface area contributed by atoms with Crippen LogP contribution >= 0.6 is 12.2 Å². The number of hydrogen-bond acceptors (Lipinski definition) is 3. The normalized spacial score (nSPS) is 10.9. The van der Waals surface area contributed by atoms with E-state index in [1.807, 2.05) is 36.2 Å². The maximum atomic E-state index is 13.4. The number of nitrogens with one attached hydrogen (secondary N) is 2. The highest BCUT2D eigenvalue weighted by Crippen LogP contribution is 2.20. The molecule has 0 saturated heterocycles. The van der Waals surface area contributed by atoms with E-state index < -0.39 is 0 Å². The van der Waals surface area contributed by atoms with Crippen LogP contribution in [0.15, 0.2) is 30.3 Å². The van der Waals surface area contributed by atoms with Gasteiger partial charge >= 0.3 is 0 Å². The third-order valence-corrected chi connectivity index (χ3v) is 5.02. The van der Waals surface area contributed by atoms with Crippen LogP contribution in [0.1, 0.15) is 34.8 Å². The van der Waals surface area contributed by atoms with E-state index in [1.54, 1.807) is 6.07 Å². The van der Waals surface area contributed by atoms with Crippen molar-refractivity contribution >= 4 is 23.0 Å². The Balaban J connectivity index is 1.53. The molecule has 3 rings (SSSR count). The van der Waals surface area contributed by atoms with Crippen LogP contribution in [0.5, 0.6) is 0 Å². The molecule has 8 heteroatoms. The van der Waals surface area contributed by atoms with Crippen molar-refractivity contribution in [3.05, 3.63) is 64.5 Å². The summed E-state index contributed by atoms with van der Waals surface area (Å²) in [4.78, 5) is 0. The first-order valence-electron chi connectivity index (χ1n) is 9.68. The molecule has 2 heterocycles. The minimum absolute atomic E-state index is 0.242. The van der Waals surface area contributed by atoms with Crippen molar-refractivity contribution in [2.45, 2.75) is 47.2 Å². The minimum Gasteiger partial charge on any atom is -0.362 e. The van der Waals surface area contributed by atoms with Crippen molar-refractivity contribution < 1.29 is 4.39 Å². The zero-order valence-electron chi connectivity index (χ0n) is 17.3. The Labute approximate surface area is 176 Å². The van der Waals surface area contributed by atoms with E-state index in [4.69, 9.17) is 12.2 Å². The van der Waals surface area contributed by atoms with Gasteiger partial charge in [0.2, 0.25) is 0 Å². The summed E-state index contributed by atoms with van der Waals surface area (Å²) in [6.07, 6.45) is 0.917. The molecule has 3 aromatic rings. The molecule has 1 aromatic carbocycles. The smallest absolute Gasteiger partial charge is 0.170 e. The number of rotatable bonds is 7. The standard InChI is InChI=1S/C21H27FN6S/c1-14-11-15(2)27(25-14)10-6-9-23-21(29)24-20-16(3)26-28(17(20)4)13-18-7-5-8-19(22)12-18/h5,7-8,11-12H,6,9-10,13H2,1-4H3,(H2,23,24,29). The first-order valence-corrected chi connectivity index (χ1v) is 10.1. The summed E-state index contributed by atoms with van der Waals surface area (Å²) in [5.41, 5.74) is 5.77. The van der Waals surface area contributed by atoms with Crippen LogP contribution in [0.3, 0.4) is 0 Å². The number of halogens is 1. The molecule has 0 fully saturated rings. The summed E-state index contributed by atoms with van der Waals surface area (Å²) in [6.45, 7) is 10.1. The van der Waals surface area contributed by atoms with E-state index in [1.165, 1.54) is 17.8 Å². The van der Waals surface area contributed by atoms with Crippen LogP contribution in [0, 0.1) is 33.5 Å². The summed E-state index contributed by atoms with van der Waals surface area (Å²) in [5.74, 6) is -0.242. The quantitative estimate of drug-likeness (QED) is 0.454. The van der Waals surface area contributed by atoms with Crippen molar-refractivity contribution in [1.29, 1.82) is 0 Å². The monoisotopic (exact) mass is 414 g/mol. The van der Waals surface area contributed by atoms with Crippen LogP contribution in [0.25, 0.3) is 0 Å². The lowest BCUT2D eigenvalue weighted by Gasteiger charge is -2.12. The fourth-order valence-corrected chi connectivity index (χ4v) is 3.53. The maximum absolute atomic E-state index is 13.4. The molecule has 0 spiro atoms. The molecule has 0 amide bonds. The summed E-state index contributed by atoms with van der Waals surface area (Å²) in [7, 11) is 0. The SMILES string of the molecule is Cc1cc(C)n(CCCNC(=S)Nc2c(C)nn(Cc3cccc(F)c3)c2C)n1. The highest BCUT2D eigenvalue weighted by Gasteiger charge is 2.13. The summed E-state index contributed by atoms with van der Waals surface area (Å²) < 4.78 is 17.3. The van der Waals surface area contributed by atoms with E-state index in [-0.39, 0.29) is 5.82 Å². The average Bonchev–Trinajstić information content (AvgIpc) is 3.11. The van der Waals surface area contributed by atoms with Crippen LogP contribution in [0.4, 0.5) is 10.1 Å². The third kappa shape index (κ3) is 5.41. The second-order valence-corrected chi connectivity index (χ2v) is 7.63. The molecule has 2 aromatic heterocycles. The minimum atomic E-state index is -0.242. The van der Waals surface area contributed by atoms with Gasteiger partial charge in [-0.15, -0.1) is 0 Å². The molecular formula is C21H27FN6S. The summed E-state index contributed by atoms with van der Waals surface area (Å²) >= 11 is 5.44. The highest BCUT2D eigenvalue weighted by atomic mass is 32.1. The average molecular weight is 415 g/mol. The second-order valence-electron chi connectivity index (χ2n) is 7.22. The molecule has 0 aliphatic carbocycles. The molecule has 0 bridgehead atoms. The number of aromatic nitrogens is 4. The Morgan fingerprint density at radius 3 is 2.59 bits per heavy atom. The van der Waals surface area contributed by atoms with Crippen molar-refractivity contribution in [3.8, 4) is 0 Å². The lowest BCUT2D eigenvalue weighted by Crippen LogP contribution is -2.30. The van der Waals surface area contributed by atoms with Gasteiger partial charge in [0, 0.05) is 18.8 Å². The van der Waals surface area contributed by atoms with Gasteiger partial charge in [-0.3, -0.25) is 9.36 Å². The van der Waals surface area contributed by atoms with E-state index in [2.05, 4.69) is 33.8 Å². The number of anilines is 1. The highest BCUT2D eigenvalue weighted by molar-refractivity contribution is 7.80. The molecule has 0 saturated carbocycles. The molecule has 0 unspecified atom stereocenters. The van der Waals surface area contributed by atoms with Gasteiger partial charge in [-0.25, -0.2) is 4.39 Å².